The molecule has 0 aliphatic heterocycles. The molecule has 0 saturated carbocycles. The lowest BCUT2D eigenvalue weighted by molar-refractivity contribution is 0.0953. The minimum absolute atomic E-state index is 0.209. The van der Waals surface area contributed by atoms with Crippen molar-refractivity contribution < 1.29 is 4.79 Å². The Morgan fingerprint density at radius 2 is 2.32 bits per heavy atom. The van der Waals surface area contributed by atoms with Crippen molar-refractivity contribution in [1.29, 1.82) is 0 Å². The molecule has 0 aliphatic carbocycles. The Morgan fingerprint density at radius 1 is 1.42 bits per heavy atom. The van der Waals surface area contributed by atoms with Gasteiger partial charge in [0.2, 0.25) is 0 Å². The predicted molar refractivity (Wildman–Crippen MR) is 69.0 cm³/mol. The second kappa shape index (κ2) is 6.45. The van der Waals surface area contributed by atoms with Gasteiger partial charge in [0.25, 0.3) is 5.91 Å². The fraction of sp³-hybridized carbons (Fsp3) is 0.273. The summed E-state index contributed by atoms with van der Waals surface area (Å²) >= 11 is 0. The number of aryl methyl sites for hydroxylation is 1. The fourth-order valence-corrected chi connectivity index (χ4v) is 1.59. The van der Waals surface area contributed by atoms with E-state index in [1.807, 2.05) is 0 Å². The third kappa shape index (κ3) is 3.49. The lowest BCUT2D eigenvalue weighted by Gasteiger charge is -2.08. The fourth-order valence-electron chi connectivity index (χ4n) is 1.59. The maximum Gasteiger partial charge on any atom is 0.255 e. The summed E-state index contributed by atoms with van der Waals surface area (Å²) in [5.41, 5.74) is 3.43. The largest absolute Gasteiger partial charge is 0.352 e. The number of aromatic nitrogens is 4. The Hall–Kier alpha value is -2.48. The third-order valence-corrected chi connectivity index (χ3v) is 2.54. The van der Waals surface area contributed by atoms with Crippen LogP contribution in [0.5, 0.6) is 0 Å². The molecule has 0 bridgehead atoms. The first kappa shape index (κ1) is 13.0. The molecule has 2 rings (SSSR count). The molecule has 0 aliphatic rings. The van der Waals surface area contributed by atoms with Crippen LogP contribution < -0.4 is 16.6 Å². The Labute approximate surface area is 110 Å². The van der Waals surface area contributed by atoms with Crippen molar-refractivity contribution in [2.45, 2.75) is 13.0 Å². The molecule has 0 atom stereocenters. The molecule has 0 fully saturated rings. The molecule has 8 heteroatoms. The number of nitrogen functional groups attached to an aromatic ring is 1. The molecule has 2 aromatic rings. The van der Waals surface area contributed by atoms with E-state index in [1.165, 1.54) is 6.20 Å². The highest BCUT2D eigenvalue weighted by molar-refractivity contribution is 5.99. The highest BCUT2D eigenvalue weighted by atomic mass is 16.1. The van der Waals surface area contributed by atoms with Gasteiger partial charge in [-0.05, 0) is 12.5 Å². The zero-order chi connectivity index (χ0) is 13.5. The number of nitrogens with two attached hydrogens (primary N) is 1. The van der Waals surface area contributed by atoms with Gasteiger partial charge in [-0.1, -0.05) is 5.21 Å². The van der Waals surface area contributed by atoms with Gasteiger partial charge >= 0.3 is 0 Å². The molecule has 4 N–H and O–H groups in total. The Morgan fingerprint density at radius 3 is 3.05 bits per heavy atom. The molecular formula is C11H15N7O. The zero-order valence-corrected chi connectivity index (χ0v) is 10.3. The lowest BCUT2D eigenvalue weighted by Crippen LogP contribution is -2.27. The number of nitrogens with zero attached hydrogens (tertiary/aromatic N) is 4. The number of pyridine rings is 1. The van der Waals surface area contributed by atoms with Gasteiger partial charge in [-0.3, -0.25) is 20.3 Å². The normalized spacial score (nSPS) is 10.2. The van der Waals surface area contributed by atoms with Crippen molar-refractivity contribution in [2.75, 3.05) is 12.0 Å². The van der Waals surface area contributed by atoms with Crippen LogP contribution in [-0.4, -0.2) is 32.4 Å². The van der Waals surface area contributed by atoms with Gasteiger partial charge < -0.3 is 10.7 Å². The number of nitrogens with one attached hydrogen (secondary N) is 2. The first-order valence-electron chi connectivity index (χ1n) is 5.84. The maximum absolute atomic E-state index is 11.9. The number of hydrogen-bond donors (Lipinski definition) is 3. The van der Waals surface area contributed by atoms with Gasteiger partial charge in [-0.2, -0.15) is 0 Å². The molecule has 19 heavy (non-hydrogen) atoms. The van der Waals surface area contributed by atoms with Gasteiger partial charge in [0, 0.05) is 31.7 Å². The highest BCUT2D eigenvalue weighted by Gasteiger charge is 2.09. The molecule has 8 nitrogen and oxygen atoms in total. The summed E-state index contributed by atoms with van der Waals surface area (Å²) in [4.78, 5) is 15.8. The molecule has 2 aromatic heterocycles. The number of carbonyl (C=O) groups excluding carboxylic acids is 1. The second-order valence-electron chi connectivity index (χ2n) is 3.84. The SMILES string of the molecule is NNc1ccncc1C(=O)NCCCn1ccnn1. The van der Waals surface area contributed by atoms with Crippen molar-refractivity contribution >= 4 is 11.6 Å². The maximum atomic E-state index is 11.9. The Balaban J connectivity index is 1.81. The van der Waals surface area contributed by atoms with E-state index in [-0.39, 0.29) is 5.91 Å². The summed E-state index contributed by atoms with van der Waals surface area (Å²) in [6, 6.07) is 1.64. The highest BCUT2D eigenvalue weighted by Crippen LogP contribution is 2.11. The molecule has 0 unspecified atom stereocenters. The number of rotatable bonds is 6. The van der Waals surface area contributed by atoms with E-state index in [1.54, 1.807) is 29.3 Å². The summed E-state index contributed by atoms with van der Waals surface area (Å²) in [5.74, 6) is 5.12. The number of hydrazine groups is 1. The van der Waals surface area contributed by atoms with Gasteiger partial charge in [0.05, 0.1) is 17.4 Å². The molecule has 2 heterocycles. The quantitative estimate of drug-likeness (QED) is 0.376. The standard InChI is InChI=1S/C11H15N7O/c12-16-10-2-4-13-8-9(10)11(19)14-3-1-6-18-7-5-15-17-18/h2,4-5,7-8H,1,3,6,12H2,(H,13,16)(H,14,19). The van der Waals surface area contributed by atoms with E-state index in [9.17, 15) is 4.79 Å². The van der Waals surface area contributed by atoms with Crippen LogP contribution >= 0.6 is 0 Å². The molecule has 0 radical (unpaired) electrons. The summed E-state index contributed by atoms with van der Waals surface area (Å²) in [5, 5.41) is 10.3. The number of hydrogen-bond acceptors (Lipinski definition) is 6. The second-order valence-corrected chi connectivity index (χ2v) is 3.84. The van der Waals surface area contributed by atoms with Crippen LogP contribution in [-0.2, 0) is 6.54 Å². The summed E-state index contributed by atoms with van der Waals surface area (Å²) in [6.45, 7) is 1.24. The van der Waals surface area contributed by atoms with Crippen LogP contribution in [0, 0.1) is 0 Å². The monoisotopic (exact) mass is 261 g/mol. The predicted octanol–water partition coefficient (Wildman–Crippen LogP) is -0.221. The number of anilines is 1. The first-order valence-corrected chi connectivity index (χ1v) is 5.84. The molecular weight excluding hydrogens is 246 g/mol. The van der Waals surface area contributed by atoms with Crippen molar-refractivity contribution in [1.82, 2.24) is 25.3 Å². The van der Waals surface area contributed by atoms with Gasteiger partial charge in [0.1, 0.15) is 0 Å². The van der Waals surface area contributed by atoms with Gasteiger partial charge in [-0.25, -0.2) is 0 Å². The number of amides is 1. The van der Waals surface area contributed by atoms with Crippen LogP contribution in [0.15, 0.2) is 30.9 Å². The Bertz CT molecular complexity index is 526. The average molecular weight is 261 g/mol. The molecule has 100 valence electrons. The molecule has 1 amide bonds. The van der Waals surface area contributed by atoms with Crippen molar-refractivity contribution in [3.63, 3.8) is 0 Å². The van der Waals surface area contributed by atoms with Crippen LogP contribution in [0.4, 0.5) is 5.69 Å². The lowest BCUT2D eigenvalue weighted by atomic mass is 10.2. The number of carbonyl (C=O) groups is 1. The van der Waals surface area contributed by atoms with Gasteiger partial charge in [0.15, 0.2) is 0 Å². The third-order valence-electron chi connectivity index (χ3n) is 2.54. The summed E-state index contributed by atoms with van der Waals surface area (Å²) in [7, 11) is 0. The molecule has 0 spiro atoms. The first-order chi connectivity index (χ1) is 9.31. The van der Waals surface area contributed by atoms with E-state index >= 15 is 0 Å². The minimum atomic E-state index is -0.209. The van der Waals surface area contributed by atoms with E-state index in [2.05, 4.69) is 26.0 Å². The van der Waals surface area contributed by atoms with Crippen LogP contribution in [0.3, 0.4) is 0 Å². The summed E-state index contributed by atoms with van der Waals surface area (Å²) < 4.78 is 1.71. The van der Waals surface area contributed by atoms with Crippen molar-refractivity contribution in [2.24, 2.45) is 5.84 Å². The van der Waals surface area contributed by atoms with Crippen LogP contribution in [0.1, 0.15) is 16.8 Å². The molecule has 0 aromatic carbocycles. The Kier molecular flexibility index (Phi) is 4.40. The van der Waals surface area contributed by atoms with Crippen molar-refractivity contribution in [3.05, 3.63) is 36.4 Å². The van der Waals surface area contributed by atoms with E-state index < -0.39 is 0 Å². The van der Waals surface area contributed by atoms with Crippen molar-refractivity contribution in [3.8, 4) is 0 Å². The van der Waals surface area contributed by atoms with E-state index in [4.69, 9.17) is 5.84 Å². The van der Waals surface area contributed by atoms with E-state index in [0.29, 0.717) is 24.3 Å². The van der Waals surface area contributed by atoms with Gasteiger partial charge in [-0.15, -0.1) is 5.10 Å². The molecule has 0 saturated heterocycles. The van der Waals surface area contributed by atoms with E-state index in [0.717, 1.165) is 6.42 Å². The topological polar surface area (TPSA) is 111 Å². The van der Waals surface area contributed by atoms with Crippen LogP contribution in [0.2, 0.25) is 0 Å². The average Bonchev–Trinajstić information content (AvgIpc) is 2.96. The smallest absolute Gasteiger partial charge is 0.255 e. The summed E-state index contributed by atoms with van der Waals surface area (Å²) in [6.07, 6.45) is 7.20. The minimum Gasteiger partial charge on any atom is -0.352 e. The zero-order valence-electron chi connectivity index (χ0n) is 10.3. The van der Waals surface area contributed by atoms with Crippen LogP contribution in [0.25, 0.3) is 0 Å².